The molecule has 3 aromatic rings. The molecule has 0 fully saturated rings. The summed E-state index contributed by atoms with van der Waals surface area (Å²) in [5.74, 6) is -0.0221. The lowest BCUT2D eigenvalue weighted by Crippen LogP contribution is -2.13. The number of nitrogens with one attached hydrogen (secondary N) is 3. The average molecular weight is 392 g/mol. The largest absolute Gasteiger partial charge is 0.370 e. The molecule has 1 heterocycles. The van der Waals surface area contributed by atoms with Crippen molar-refractivity contribution < 1.29 is 14.0 Å². The van der Waals surface area contributed by atoms with Crippen LogP contribution in [-0.2, 0) is 11.2 Å². The quantitative estimate of drug-likeness (QED) is 0.566. The number of nitrogens with zero attached hydrogens (tertiary/aromatic N) is 1. The van der Waals surface area contributed by atoms with Crippen molar-refractivity contribution in [2.45, 2.75) is 13.3 Å². The van der Waals surface area contributed by atoms with Crippen molar-refractivity contribution in [3.05, 3.63) is 83.8 Å². The van der Waals surface area contributed by atoms with Gasteiger partial charge < -0.3 is 16.0 Å². The van der Waals surface area contributed by atoms with E-state index in [-0.39, 0.29) is 17.6 Å². The minimum atomic E-state index is -0.275. The Labute approximate surface area is 168 Å². The Kier molecular flexibility index (Phi) is 6.52. The molecule has 0 aliphatic carbocycles. The van der Waals surface area contributed by atoms with Crippen molar-refractivity contribution in [2.75, 3.05) is 22.5 Å². The fraction of sp³-hybridized carbons (Fsp3) is 0.136. The molecule has 0 aliphatic rings. The van der Waals surface area contributed by atoms with Crippen LogP contribution in [0.1, 0.15) is 22.8 Å². The van der Waals surface area contributed by atoms with Crippen molar-refractivity contribution in [3.8, 4) is 0 Å². The summed E-state index contributed by atoms with van der Waals surface area (Å²) in [5.41, 5.74) is 2.73. The van der Waals surface area contributed by atoms with E-state index in [1.165, 1.54) is 25.3 Å². The topological polar surface area (TPSA) is 83.1 Å². The molecule has 3 N–H and O–H groups in total. The van der Waals surface area contributed by atoms with Gasteiger partial charge in [-0.15, -0.1) is 0 Å². The molecule has 7 heteroatoms. The van der Waals surface area contributed by atoms with Gasteiger partial charge in [0.15, 0.2) is 0 Å². The van der Waals surface area contributed by atoms with Crippen molar-refractivity contribution in [2.24, 2.45) is 0 Å². The fourth-order valence-corrected chi connectivity index (χ4v) is 2.66. The van der Waals surface area contributed by atoms with E-state index in [4.69, 9.17) is 0 Å². The Hall–Kier alpha value is -3.74. The molecule has 0 spiro atoms. The van der Waals surface area contributed by atoms with Gasteiger partial charge in [0.05, 0.1) is 5.56 Å². The lowest BCUT2D eigenvalue weighted by Gasteiger charge is -2.08. The number of benzene rings is 2. The number of anilines is 3. The number of hydrogen-bond donors (Lipinski definition) is 3. The number of halogens is 1. The third kappa shape index (κ3) is 6.14. The summed E-state index contributed by atoms with van der Waals surface area (Å²) in [5, 5.41) is 8.63. The molecule has 148 valence electrons. The molecule has 0 atom stereocenters. The maximum atomic E-state index is 12.9. The maximum absolute atomic E-state index is 12.9. The average Bonchev–Trinajstić information content (AvgIpc) is 2.71. The number of aromatic nitrogens is 1. The predicted octanol–water partition coefficient (Wildman–Crippen LogP) is 4.09. The molecular weight excluding hydrogens is 371 g/mol. The molecule has 0 aliphatic heterocycles. The van der Waals surface area contributed by atoms with Crippen LogP contribution < -0.4 is 16.0 Å². The highest BCUT2D eigenvalue weighted by Gasteiger charge is 2.07. The van der Waals surface area contributed by atoms with E-state index in [1.807, 2.05) is 0 Å². The minimum absolute atomic E-state index is 0.153. The van der Waals surface area contributed by atoms with E-state index in [1.54, 1.807) is 48.5 Å². The first kappa shape index (κ1) is 20.0. The normalized spacial score (nSPS) is 10.3. The third-order valence-corrected chi connectivity index (χ3v) is 4.12. The molecule has 0 radical (unpaired) electrons. The third-order valence-electron chi connectivity index (χ3n) is 4.12. The van der Waals surface area contributed by atoms with E-state index >= 15 is 0 Å². The van der Waals surface area contributed by atoms with E-state index in [0.717, 1.165) is 12.0 Å². The standard InChI is InChI=1S/C22H21FN4O2/c1-15(28)26-19-7-9-20(10-8-19)27-22(29)17-4-11-21(25-14-17)24-13-12-16-2-5-18(23)6-3-16/h2-11,14H,12-13H2,1H3,(H,24,25)(H,26,28)(H,27,29). The van der Waals surface area contributed by atoms with Crippen LogP contribution in [0.15, 0.2) is 66.9 Å². The van der Waals surface area contributed by atoms with Gasteiger partial charge in [0.25, 0.3) is 5.91 Å². The van der Waals surface area contributed by atoms with Crippen LogP contribution in [0.5, 0.6) is 0 Å². The molecule has 0 saturated carbocycles. The summed E-state index contributed by atoms with van der Waals surface area (Å²) in [6.07, 6.45) is 2.24. The zero-order valence-electron chi connectivity index (χ0n) is 15.9. The maximum Gasteiger partial charge on any atom is 0.257 e. The Bertz CT molecular complexity index is 971. The van der Waals surface area contributed by atoms with Gasteiger partial charge in [-0.3, -0.25) is 9.59 Å². The number of rotatable bonds is 7. The van der Waals surface area contributed by atoms with Gasteiger partial charge in [-0.25, -0.2) is 9.37 Å². The SMILES string of the molecule is CC(=O)Nc1ccc(NC(=O)c2ccc(NCCc3ccc(F)cc3)nc2)cc1. The zero-order valence-corrected chi connectivity index (χ0v) is 15.9. The van der Waals surface area contributed by atoms with Crippen LogP contribution in [0.2, 0.25) is 0 Å². The van der Waals surface area contributed by atoms with Crippen LogP contribution in [0.25, 0.3) is 0 Å². The van der Waals surface area contributed by atoms with Gasteiger partial charge in [-0.1, -0.05) is 12.1 Å². The van der Waals surface area contributed by atoms with Gasteiger partial charge in [0.2, 0.25) is 5.91 Å². The van der Waals surface area contributed by atoms with Crippen LogP contribution in [0.3, 0.4) is 0 Å². The first-order chi connectivity index (χ1) is 14.0. The molecular formula is C22H21FN4O2. The zero-order chi connectivity index (χ0) is 20.6. The van der Waals surface area contributed by atoms with Crippen LogP contribution in [-0.4, -0.2) is 23.3 Å². The smallest absolute Gasteiger partial charge is 0.257 e. The molecule has 1 aromatic heterocycles. The van der Waals surface area contributed by atoms with Crippen LogP contribution in [0, 0.1) is 5.82 Å². The van der Waals surface area contributed by atoms with Gasteiger partial charge in [-0.2, -0.15) is 0 Å². The monoisotopic (exact) mass is 392 g/mol. The number of pyridine rings is 1. The fourth-order valence-electron chi connectivity index (χ4n) is 2.66. The predicted molar refractivity (Wildman–Crippen MR) is 112 cm³/mol. The van der Waals surface area contributed by atoms with Crippen molar-refractivity contribution in [1.82, 2.24) is 4.98 Å². The van der Waals surface area contributed by atoms with Gasteiger partial charge in [-0.05, 0) is 60.5 Å². The second-order valence-corrected chi connectivity index (χ2v) is 6.45. The molecule has 3 rings (SSSR count). The Morgan fingerprint density at radius 2 is 1.55 bits per heavy atom. The minimum Gasteiger partial charge on any atom is -0.370 e. The lowest BCUT2D eigenvalue weighted by molar-refractivity contribution is -0.114. The number of hydrogen-bond acceptors (Lipinski definition) is 4. The van der Waals surface area contributed by atoms with Crippen LogP contribution in [0.4, 0.5) is 21.6 Å². The molecule has 2 aromatic carbocycles. The number of amides is 2. The number of carbonyl (C=O) groups is 2. The molecule has 0 unspecified atom stereocenters. The van der Waals surface area contributed by atoms with E-state index in [9.17, 15) is 14.0 Å². The Morgan fingerprint density at radius 3 is 2.14 bits per heavy atom. The Morgan fingerprint density at radius 1 is 0.897 bits per heavy atom. The molecule has 0 saturated heterocycles. The van der Waals surface area contributed by atoms with E-state index in [2.05, 4.69) is 20.9 Å². The summed E-state index contributed by atoms with van der Waals surface area (Å²) in [6.45, 7) is 2.08. The highest BCUT2D eigenvalue weighted by molar-refractivity contribution is 6.04. The first-order valence-corrected chi connectivity index (χ1v) is 9.13. The summed E-state index contributed by atoms with van der Waals surface area (Å²) in [6, 6.07) is 16.6. The van der Waals surface area contributed by atoms with Crippen molar-refractivity contribution >= 4 is 29.0 Å². The second kappa shape index (κ2) is 9.45. The van der Waals surface area contributed by atoms with Crippen LogP contribution >= 0.6 is 0 Å². The summed E-state index contributed by atoms with van der Waals surface area (Å²) >= 11 is 0. The highest BCUT2D eigenvalue weighted by atomic mass is 19.1. The lowest BCUT2D eigenvalue weighted by atomic mass is 10.1. The highest BCUT2D eigenvalue weighted by Crippen LogP contribution is 2.15. The van der Waals surface area contributed by atoms with Crippen molar-refractivity contribution in [1.29, 1.82) is 0 Å². The first-order valence-electron chi connectivity index (χ1n) is 9.13. The molecule has 29 heavy (non-hydrogen) atoms. The summed E-state index contributed by atoms with van der Waals surface area (Å²) < 4.78 is 12.9. The molecule has 2 amide bonds. The summed E-state index contributed by atoms with van der Waals surface area (Å²) in [4.78, 5) is 27.6. The molecule has 0 bridgehead atoms. The van der Waals surface area contributed by atoms with E-state index in [0.29, 0.717) is 29.3 Å². The summed E-state index contributed by atoms with van der Waals surface area (Å²) in [7, 11) is 0. The molecule has 6 nitrogen and oxygen atoms in total. The van der Waals surface area contributed by atoms with E-state index < -0.39 is 0 Å². The van der Waals surface area contributed by atoms with Gasteiger partial charge in [0.1, 0.15) is 11.6 Å². The van der Waals surface area contributed by atoms with Gasteiger partial charge in [0, 0.05) is 31.0 Å². The van der Waals surface area contributed by atoms with Crippen molar-refractivity contribution in [3.63, 3.8) is 0 Å². The number of carbonyl (C=O) groups excluding carboxylic acids is 2. The Balaban J connectivity index is 1.50. The van der Waals surface area contributed by atoms with Gasteiger partial charge >= 0.3 is 0 Å². The second-order valence-electron chi connectivity index (χ2n) is 6.45.